The van der Waals surface area contributed by atoms with Crippen molar-refractivity contribution in [3.8, 4) is 11.6 Å². The summed E-state index contributed by atoms with van der Waals surface area (Å²) in [6.07, 6.45) is 9.49. The van der Waals surface area contributed by atoms with Gasteiger partial charge in [-0.3, -0.25) is 9.97 Å². The van der Waals surface area contributed by atoms with E-state index >= 15 is 0 Å². The average molecular weight is 552 g/mol. The predicted octanol–water partition coefficient (Wildman–Crippen LogP) is 3.39. The Labute approximate surface area is 179 Å². The fourth-order valence-corrected chi connectivity index (χ4v) is 3.05. The van der Waals surface area contributed by atoms with Crippen LogP contribution in [0.25, 0.3) is 11.6 Å². The third-order valence-electron chi connectivity index (χ3n) is 4.73. The second kappa shape index (κ2) is 7.80. The first-order valence-electron chi connectivity index (χ1n) is 8.77. The smallest absolute Gasteiger partial charge is 0.451 e. The van der Waals surface area contributed by atoms with E-state index in [0.29, 0.717) is 0 Å². The Morgan fingerprint density at radius 1 is 0.750 bits per heavy atom. The maximum absolute atomic E-state index is 4.86. The molecular formula is C21H20N6Pt. The van der Waals surface area contributed by atoms with E-state index < -0.39 is 0 Å². The molecule has 0 amide bonds. The van der Waals surface area contributed by atoms with E-state index in [2.05, 4.69) is 36.2 Å². The van der Waals surface area contributed by atoms with Crippen molar-refractivity contribution in [3.63, 3.8) is 0 Å². The molecule has 0 aliphatic rings. The molecular weight excluding hydrogens is 531 g/mol. The molecule has 6 nitrogen and oxygen atoms in total. The van der Waals surface area contributed by atoms with Gasteiger partial charge in [-0.25, -0.2) is 0 Å². The molecule has 0 bridgehead atoms. The van der Waals surface area contributed by atoms with E-state index in [4.69, 9.17) is 9.97 Å². The van der Waals surface area contributed by atoms with E-state index in [-0.39, 0.29) is 26.5 Å². The Hall–Kier alpha value is -2.59. The third kappa shape index (κ3) is 3.57. The second-order valence-electron chi connectivity index (χ2n) is 6.93. The quantitative estimate of drug-likeness (QED) is 0.365. The standard InChI is InChI=1S/C21H20N6.Pt/c1-15-22-11-13-26(15)19-9-5-7-17(24-19)21(3,4)18-8-6-10-20(25-18)27-14-12-23-16(27)2;/h5-12H,1-4H3;/q-2;+2. The van der Waals surface area contributed by atoms with Crippen LogP contribution in [-0.2, 0) is 26.5 Å². The molecule has 0 fully saturated rings. The van der Waals surface area contributed by atoms with Gasteiger partial charge in [0.25, 0.3) is 0 Å². The summed E-state index contributed by atoms with van der Waals surface area (Å²) in [6, 6.07) is 12.0. The first kappa shape index (κ1) is 20.2. The van der Waals surface area contributed by atoms with Gasteiger partial charge in [0, 0.05) is 40.1 Å². The maximum Gasteiger partial charge on any atom is 2.00 e. The molecule has 144 valence electrons. The summed E-state index contributed by atoms with van der Waals surface area (Å²) in [5.41, 5.74) is 1.48. The number of nitrogens with zero attached hydrogens (tertiary/aromatic N) is 6. The van der Waals surface area contributed by atoms with Crippen LogP contribution in [0.4, 0.5) is 0 Å². The molecule has 0 saturated carbocycles. The van der Waals surface area contributed by atoms with Crippen molar-refractivity contribution >= 4 is 0 Å². The van der Waals surface area contributed by atoms with Crippen LogP contribution in [0.1, 0.15) is 36.9 Å². The summed E-state index contributed by atoms with van der Waals surface area (Å²) >= 11 is 0. The molecule has 0 radical (unpaired) electrons. The van der Waals surface area contributed by atoms with Crippen LogP contribution in [0, 0.1) is 26.2 Å². The molecule has 0 atom stereocenters. The summed E-state index contributed by atoms with van der Waals surface area (Å²) < 4.78 is 3.71. The number of rotatable bonds is 4. The van der Waals surface area contributed by atoms with Crippen molar-refractivity contribution in [2.45, 2.75) is 33.1 Å². The first-order valence-corrected chi connectivity index (χ1v) is 8.77. The summed E-state index contributed by atoms with van der Waals surface area (Å²) in [5.74, 6) is 3.29. The van der Waals surface area contributed by atoms with Crippen molar-refractivity contribution in [1.82, 2.24) is 29.1 Å². The van der Waals surface area contributed by atoms with Gasteiger partial charge in [-0.1, -0.05) is 50.5 Å². The Morgan fingerprint density at radius 2 is 1.18 bits per heavy atom. The Morgan fingerprint density at radius 3 is 1.54 bits per heavy atom. The van der Waals surface area contributed by atoms with Gasteiger partial charge in [0.05, 0.1) is 0 Å². The number of hydrogen-bond acceptors (Lipinski definition) is 4. The number of hydrogen-bond donors (Lipinski definition) is 0. The van der Waals surface area contributed by atoms with Crippen molar-refractivity contribution < 1.29 is 21.1 Å². The molecule has 4 rings (SSSR count). The molecule has 0 unspecified atom stereocenters. The van der Waals surface area contributed by atoms with Gasteiger partial charge in [0.2, 0.25) is 0 Å². The minimum Gasteiger partial charge on any atom is -0.451 e. The van der Waals surface area contributed by atoms with E-state index in [0.717, 1.165) is 34.7 Å². The Kier molecular flexibility index (Phi) is 5.61. The van der Waals surface area contributed by atoms with Gasteiger partial charge in [0.15, 0.2) is 0 Å². The van der Waals surface area contributed by atoms with Crippen LogP contribution >= 0.6 is 0 Å². The van der Waals surface area contributed by atoms with Gasteiger partial charge in [0.1, 0.15) is 0 Å². The van der Waals surface area contributed by atoms with Gasteiger partial charge in [-0.2, -0.15) is 0 Å². The number of imidazole rings is 2. The molecule has 4 aromatic heterocycles. The number of aromatic nitrogens is 6. The molecule has 7 heteroatoms. The Bertz CT molecular complexity index is 1010. The van der Waals surface area contributed by atoms with Crippen molar-refractivity contribution in [3.05, 3.63) is 84.2 Å². The molecule has 28 heavy (non-hydrogen) atoms. The summed E-state index contributed by atoms with van der Waals surface area (Å²) in [6.45, 7) is 8.12. The van der Waals surface area contributed by atoms with Crippen LogP contribution < -0.4 is 0 Å². The van der Waals surface area contributed by atoms with Crippen LogP contribution in [0.2, 0.25) is 0 Å². The number of aryl methyl sites for hydroxylation is 2. The third-order valence-corrected chi connectivity index (χ3v) is 4.73. The predicted molar refractivity (Wildman–Crippen MR) is 102 cm³/mol. The fraction of sp³-hybridized carbons (Fsp3) is 0.238. The number of pyridine rings is 2. The van der Waals surface area contributed by atoms with E-state index in [1.54, 1.807) is 12.4 Å². The first-order chi connectivity index (χ1) is 13.0. The molecule has 4 aromatic rings. The second-order valence-corrected chi connectivity index (χ2v) is 6.93. The SMILES string of the molecule is Cc1nc[c-]n1-c1cccc(C(C)(C)c2cccc(-n3[c-]cnc3C)n2)n1.[Pt+2]. The summed E-state index contributed by atoms with van der Waals surface area (Å²) in [5, 5.41) is 0. The summed E-state index contributed by atoms with van der Waals surface area (Å²) in [4.78, 5) is 18.2. The summed E-state index contributed by atoms with van der Waals surface area (Å²) in [7, 11) is 0. The minimum atomic E-state index is -0.380. The van der Waals surface area contributed by atoms with Crippen molar-refractivity contribution in [2.24, 2.45) is 0 Å². The van der Waals surface area contributed by atoms with Crippen LogP contribution in [-0.4, -0.2) is 29.1 Å². The zero-order valence-electron chi connectivity index (χ0n) is 16.1. The zero-order valence-corrected chi connectivity index (χ0v) is 18.4. The van der Waals surface area contributed by atoms with E-state index in [1.165, 1.54) is 0 Å². The molecule has 0 saturated heterocycles. The molecule has 0 spiro atoms. The van der Waals surface area contributed by atoms with Crippen LogP contribution in [0.5, 0.6) is 0 Å². The largest absolute Gasteiger partial charge is 2.00 e. The van der Waals surface area contributed by atoms with Gasteiger partial charge >= 0.3 is 21.1 Å². The topological polar surface area (TPSA) is 61.4 Å². The average Bonchev–Trinajstić information content (AvgIpc) is 3.30. The fourth-order valence-electron chi connectivity index (χ4n) is 3.05. The van der Waals surface area contributed by atoms with Crippen molar-refractivity contribution in [2.75, 3.05) is 0 Å². The minimum absolute atomic E-state index is 0. The normalized spacial score (nSPS) is 11.3. The molecule has 4 heterocycles. The van der Waals surface area contributed by atoms with Crippen LogP contribution in [0.15, 0.2) is 48.8 Å². The van der Waals surface area contributed by atoms with Gasteiger partial charge in [-0.05, 0) is 38.4 Å². The maximum atomic E-state index is 4.86. The van der Waals surface area contributed by atoms with E-state index in [1.807, 2.05) is 59.4 Å². The van der Waals surface area contributed by atoms with Gasteiger partial charge in [-0.15, -0.1) is 0 Å². The van der Waals surface area contributed by atoms with E-state index in [9.17, 15) is 0 Å². The van der Waals surface area contributed by atoms with Crippen molar-refractivity contribution in [1.29, 1.82) is 0 Å². The van der Waals surface area contributed by atoms with Crippen LogP contribution in [0.3, 0.4) is 0 Å². The van der Waals surface area contributed by atoms with Gasteiger partial charge < -0.3 is 19.1 Å². The molecule has 0 aliphatic heterocycles. The Balaban J connectivity index is 0.00000225. The monoisotopic (exact) mass is 551 g/mol. The zero-order chi connectivity index (χ0) is 19.0. The molecule has 0 N–H and O–H groups in total. The molecule has 0 aromatic carbocycles. The molecule has 0 aliphatic carbocycles.